The maximum atomic E-state index is 11.5. The van der Waals surface area contributed by atoms with E-state index in [4.69, 9.17) is 11.6 Å². The molecular weight excluding hydrogens is 410 g/mol. The fraction of sp³-hybridized carbons (Fsp3) is 0.280. The van der Waals surface area contributed by atoms with E-state index in [1.54, 1.807) is 12.3 Å². The molecule has 0 fully saturated rings. The lowest BCUT2D eigenvalue weighted by molar-refractivity contribution is 0.0695. The number of benzene rings is 2. The highest BCUT2D eigenvalue weighted by molar-refractivity contribution is 6.30. The van der Waals surface area contributed by atoms with Crippen molar-refractivity contribution in [2.45, 2.75) is 25.3 Å². The first-order valence-electron chi connectivity index (χ1n) is 10.4. The number of halogens is 1. The van der Waals surface area contributed by atoms with E-state index in [2.05, 4.69) is 47.1 Å². The summed E-state index contributed by atoms with van der Waals surface area (Å²) in [5.41, 5.74) is 6.04. The normalized spacial score (nSPS) is 16.0. The second kappa shape index (κ2) is 9.08. The van der Waals surface area contributed by atoms with Crippen molar-refractivity contribution < 1.29 is 9.90 Å². The van der Waals surface area contributed by atoms with Gasteiger partial charge in [0, 0.05) is 48.4 Å². The Kier molecular flexibility index (Phi) is 6.25. The molecule has 1 aliphatic heterocycles. The van der Waals surface area contributed by atoms with Gasteiger partial charge < -0.3 is 10.0 Å². The molecular formula is C25H26ClN3O2. The minimum absolute atomic E-state index is 0.250. The zero-order valence-corrected chi connectivity index (χ0v) is 18.5. The minimum Gasteiger partial charge on any atom is -0.478 e. The number of aryl methyl sites for hydroxylation is 1. The largest absolute Gasteiger partial charge is 0.478 e. The molecule has 2 aromatic carbocycles. The predicted octanol–water partition coefficient (Wildman–Crippen LogP) is 5.36. The molecule has 2 heterocycles. The van der Waals surface area contributed by atoms with Crippen molar-refractivity contribution in [3.05, 3.63) is 88.2 Å². The third-order valence-electron chi connectivity index (χ3n) is 6.17. The van der Waals surface area contributed by atoms with E-state index in [-0.39, 0.29) is 6.04 Å². The first-order chi connectivity index (χ1) is 14.9. The van der Waals surface area contributed by atoms with Crippen LogP contribution in [0.25, 0.3) is 0 Å². The van der Waals surface area contributed by atoms with Gasteiger partial charge in [0.05, 0.1) is 5.56 Å². The van der Waals surface area contributed by atoms with Crippen molar-refractivity contribution in [1.29, 1.82) is 0 Å². The molecule has 0 bridgehead atoms. The predicted molar refractivity (Wildman–Crippen MR) is 125 cm³/mol. The number of carboxylic acids is 1. The topological polar surface area (TPSA) is 56.7 Å². The fourth-order valence-corrected chi connectivity index (χ4v) is 4.48. The first-order valence-corrected chi connectivity index (χ1v) is 10.8. The Morgan fingerprint density at radius 1 is 1.19 bits per heavy atom. The van der Waals surface area contributed by atoms with Crippen LogP contribution in [-0.2, 0) is 12.8 Å². The van der Waals surface area contributed by atoms with E-state index >= 15 is 0 Å². The van der Waals surface area contributed by atoms with Gasteiger partial charge in [0.1, 0.15) is 0 Å². The van der Waals surface area contributed by atoms with Crippen LogP contribution >= 0.6 is 11.6 Å². The molecule has 0 aliphatic carbocycles. The van der Waals surface area contributed by atoms with Crippen LogP contribution in [0.4, 0.5) is 11.4 Å². The van der Waals surface area contributed by atoms with E-state index < -0.39 is 5.97 Å². The third kappa shape index (κ3) is 4.58. The van der Waals surface area contributed by atoms with Crippen LogP contribution in [0, 0.1) is 0 Å². The summed E-state index contributed by atoms with van der Waals surface area (Å²) in [7, 11) is 4.20. The summed E-state index contributed by atoms with van der Waals surface area (Å²) in [6.07, 6.45) is 5.74. The molecule has 0 spiro atoms. The Balaban J connectivity index is 1.56. The Bertz CT molecular complexity index is 1080. The van der Waals surface area contributed by atoms with Gasteiger partial charge in [-0.05, 0) is 85.5 Å². The molecule has 5 nitrogen and oxygen atoms in total. The SMILES string of the molecule is CN(c1ccc(Cl)cc1)c1ccc2c(c1)CCN(C)[C@@H]2CCc1cnccc1C(=O)O. The van der Waals surface area contributed by atoms with Crippen molar-refractivity contribution in [2.24, 2.45) is 0 Å². The molecule has 31 heavy (non-hydrogen) atoms. The summed E-state index contributed by atoms with van der Waals surface area (Å²) < 4.78 is 0. The highest BCUT2D eigenvalue weighted by atomic mass is 35.5. The standard InChI is InChI=1S/C25H26ClN3O2/c1-28-14-12-17-15-21(29(2)20-6-4-19(26)5-7-20)8-9-22(17)24(28)10-3-18-16-27-13-11-23(18)25(30)31/h4-9,11,13,15-16,24H,3,10,12,14H2,1-2H3,(H,30,31)/t24-/m1/s1. The summed E-state index contributed by atoms with van der Waals surface area (Å²) in [6.45, 7) is 0.977. The maximum Gasteiger partial charge on any atom is 0.336 e. The van der Waals surface area contributed by atoms with Crippen LogP contribution in [-0.4, -0.2) is 41.6 Å². The van der Waals surface area contributed by atoms with E-state index in [0.717, 1.165) is 41.3 Å². The van der Waals surface area contributed by atoms with Gasteiger partial charge in [0.15, 0.2) is 0 Å². The second-order valence-corrected chi connectivity index (χ2v) is 8.48. The molecule has 1 N–H and O–H groups in total. The van der Waals surface area contributed by atoms with Crippen LogP contribution < -0.4 is 4.90 Å². The third-order valence-corrected chi connectivity index (χ3v) is 6.43. The zero-order chi connectivity index (χ0) is 22.0. The number of aromatic nitrogens is 1. The summed E-state index contributed by atoms with van der Waals surface area (Å²) in [5, 5.41) is 10.2. The molecule has 0 saturated heterocycles. The smallest absolute Gasteiger partial charge is 0.336 e. The molecule has 3 aromatic rings. The van der Waals surface area contributed by atoms with Gasteiger partial charge >= 0.3 is 5.97 Å². The Morgan fingerprint density at radius 2 is 1.94 bits per heavy atom. The van der Waals surface area contributed by atoms with Crippen molar-refractivity contribution in [3.63, 3.8) is 0 Å². The van der Waals surface area contributed by atoms with Crippen molar-refractivity contribution in [2.75, 3.05) is 25.5 Å². The minimum atomic E-state index is -0.898. The molecule has 1 atom stereocenters. The highest BCUT2D eigenvalue weighted by Crippen LogP contribution is 2.36. The number of hydrogen-bond acceptors (Lipinski definition) is 4. The van der Waals surface area contributed by atoms with Crippen LogP contribution in [0.15, 0.2) is 60.9 Å². The van der Waals surface area contributed by atoms with Gasteiger partial charge in [-0.3, -0.25) is 9.88 Å². The molecule has 4 rings (SSSR count). The number of aromatic carboxylic acids is 1. The van der Waals surface area contributed by atoms with Gasteiger partial charge in [-0.2, -0.15) is 0 Å². The van der Waals surface area contributed by atoms with E-state index in [1.807, 2.05) is 24.3 Å². The number of rotatable bonds is 6. The average Bonchev–Trinajstić information content (AvgIpc) is 2.78. The summed E-state index contributed by atoms with van der Waals surface area (Å²) in [4.78, 5) is 20.2. The van der Waals surface area contributed by atoms with Crippen molar-refractivity contribution in [1.82, 2.24) is 9.88 Å². The second-order valence-electron chi connectivity index (χ2n) is 8.04. The monoisotopic (exact) mass is 435 g/mol. The van der Waals surface area contributed by atoms with Crippen LogP contribution in [0.2, 0.25) is 5.02 Å². The number of fused-ring (bicyclic) bond motifs is 1. The molecule has 1 aliphatic rings. The molecule has 1 aromatic heterocycles. The summed E-state index contributed by atoms with van der Waals surface area (Å²) in [5.74, 6) is -0.898. The number of carboxylic acid groups (broad SMARTS) is 1. The Morgan fingerprint density at radius 3 is 2.68 bits per heavy atom. The number of likely N-dealkylation sites (N-methyl/N-ethyl adjacent to an activating group) is 1. The zero-order valence-electron chi connectivity index (χ0n) is 17.8. The van der Waals surface area contributed by atoms with Gasteiger partial charge in [-0.1, -0.05) is 17.7 Å². The van der Waals surface area contributed by atoms with Crippen LogP contribution in [0.1, 0.15) is 39.5 Å². The Hall–Kier alpha value is -2.89. The fourth-order valence-electron chi connectivity index (χ4n) is 4.35. The highest BCUT2D eigenvalue weighted by Gasteiger charge is 2.25. The number of anilines is 2. The lowest BCUT2D eigenvalue weighted by Gasteiger charge is -2.35. The molecule has 0 amide bonds. The van der Waals surface area contributed by atoms with Gasteiger partial charge in [0.2, 0.25) is 0 Å². The molecule has 0 radical (unpaired) electrons. The van der Waals surface area contributed by atoms with E-state index in [1.165, 1.54) is 17.3 Å². The van der Waals surface area contributed by atoms with Crippen molar-refractivity contribution in [3.8, 4) is 0 Å². The lowest BCUT2D eigenvalue weighted by atomic mass is 9.88. The first kappa shape index (κ1) is 21.3. The number of carbonyl (C=O) groups is 1. The molecule has 6 heteroatoms. The summed E-state index contributed by atoms with van der Waals surface area (Å²) in [6, 6.07) is 16.3. The number of nitrogens with zero attached hydrogens (tertiary/aromatic N) is 3. The van der Waals surface area contributed by atoms with Gasteiger partial charge in [-0.15, -0.1) is 0 Å². The average molecular weight is 436 g/mol. The van der Waals surface area contributed by atoms with Gasteiger partial charge in [-0.25, -0.2) is 4.79 Å². The van der Waals surface area contributed by atoms with Gasteiger partial charge in [0.25, 0.3) is 0 Å². The van der Waals surface area contributed by atoms with Crippen molar-refractivity contribution >= 4 is 28.9 Å². The lowest BCUT2D eigenvalue weighted by Crippen LogP contribution is -2.32. The Labute approximate surface area is 187 Å². The van der Waals surface area contributed by atoms with Crippen LogP contribution in [0.3, 0.4) is 0 Å². The molecule has 160 valence electrons. The maximum absolute atomic E-state index is 11.5. The van der Waals surface area contributed by atoms with Crippen LogP contribution in [0.5, 0.6) is 0 Å². The quantitative estimate of drug-likeness (QED) is 0.564. The van der Waals surface area contributed by atoms with E-state index in [0.29, 0.717) is 12.0 Å². The number of hydrogen-bond donors (Lipinski definition) is 1. The molecule has 0 unspecified atom stereocenters. The number of pyridine rings is 1. The summed E-state index contributed by atoms with van der Waals surface area (Å²) >= 11 is 6.03. The van der Waals surface area contributed by atoms with E-state index in [9.17, 15) is 9.90 Å². The molecule has 0 saturated carbocycles.